The number of aliphatic carboxylic acids is 1. The van der Waals surface area contributed by atoms with E-state index in [4.69, 9.17) is 19.3 Å². The number of halogens is 1. The summed E-state index contributed by atoms with van der Waals surface area (Å²) >= 11 is 3.36. The summed E-state index contributed by atoms with van der Waals surface area (Å²) < 4.78 is 17.3. The van der Waals surface area contributed by atoms with Crippen molar-refractivity contribution in [2.24, 2.45) is 0 Å². The Balaban J connectivity index is 2.32. The molecule has 0 bridgehead atoms. The topological polar surface area (TPSA) is 77.9 Å². The zero-order valence-electron chi connectivity index (χ0n) is 13.9. The second kappa shape index (κ2) is 9.19. The molecule has 0 unspecified atom stereocenters. The SMILES string of the molecule is COCCOc1ccc(C=CC(=O)O)c(Oc2ncc(Br)cc2C)c1. The number of carbonyl (C=O) groups is 1. The Hall–Kier alpha value is -2.38. The Morgan fingerprint density at radius 1 is 1.32 bits per heavy atom. The van der Waals surface area contributed by atoms with Crippen LogP contribution in [-0.2, 0) is 9.53 Å². The molecule has 25 heavy (non-hydrogen) atoms. The Kier molecular flexibility index (Phi) is 6.97. The summed E-state index contributed by atoms with van der Waals surface area (Å²) in [5.74, 6) is 0.436. The van der Waals surface area contributed by atoms with E-state index in [1.165, 1.54) is 6.08 Å². The molecule has 1 heterocycles. The lowest BCUT2D eigenvalue weighted by Crippen LogP contribution is -2.04. The molecular weight excluding hydrogens is 390 g/mol. The number of aryl methyl sites for hydroxylation is 1. The van der Waals surface area contributed by atoms with Gasteiger partial charge in [0.1, 0.15) is 18.1 Å². The van der Waals surface area contributed by atoms with Crippen molar-refractivity contribution in [2.75, 3.05) is 20.3 Å². The molecule has 0 saturated heterocycles. The number of ether oxygens (including phenoxy) is 3. The number of benzene rings is 1. The molecule has 1 aromatic heterocycles. The highest BCUT2D eigenvalue weighted by Gasteiger charge is 2.09. The number of pyridine rings is 1. The molecule has 0 aliphatic carbocycles. The van der Waals surface area contributed by atoms with E-state index in [0.29, 0.717) is 36.2 Å². The average Bonchev–Trinajstić information content (AvgIpc) is 2.56. The number of methoxy groups -OCH3 is 1. The highest BCUT2D eigenvalue weighted by Crippen LogP contribution is 2.31. The lowest BCUT2D eigenvalue weighted by Gasteiger charge is -2.13. The molecule has 0 atom stereocenters. The molecule has 132 valence electrons. The minimum Gasteiger partial charge on any atom is -0.491 e. The normalized spacial score (nSPS) is 10.8. The standard InChI is InChI=1S/C18H18BrNO5/c1-12-9-14(19)11-20-18(12)25-16-10-15(24-8-7-23-2)5-3-13(16)4-6-17(21)22/h3-6,9-11H,7-8H2,1-2H3,(H,21,22). The van der Waals surface area contributed by atoms with Crippen LogP contribution in [0.25, 0.3) is 6.08 Å². The molecule has 0 fully saturated rings. The zero-order valence-corrected chi connectivity index (χ0v) is 15.4. The van der Waals surface area contributed by atoms with Crippen molar-refractivity contribution < 1.29 is 24.1 Å². The van der Waals surface area contributed by atoms with E-state index < -0.39 is 5.97 Å². The second-order valence-corrected chi connectivity index (χ2v) is 6.01. The summed E-state index contributed by atoms with van der Waals surface area (Å²) in [5, 5.41) is 8.84. The van der Waals surface area contributed by atoms with Crippen LogP contribution in [0, 0.1) is 6.92 Å². The number of aromatic nitrogens is 1. The van der Waals surface area contributed by atoms with E-state index in [1.54, 1.807) is 31.5 Å². The number of hydrogen-bond acceptors (Lipinski definition) is 5. The molecule has 1 aromatic carbocycles. The van der Waals surface area contributed by atoms with Gasteiger partial charge in [-0.05, 0) is 47.1 Å². The highest BCUT2D eigenvalue weighted by molar-refractivity contribution is 9.10. The quantitative estimate of drug-likeness (QED) is 0.524. The van der Waals surface area contributed by atoms with Crippen LogP contribution in [0.5, 0.6) is 17.4 Å². The molecular formula is C18H18BrNO5. The summed E-state index contributed by atoms with van der Waals surface area (Å²) in [6.07, 6.45) is 4.15. The zero-order chi connectivity index (χ0) is 18.2. The average molecular weight is 408 g/mol. The maximum absolute atomic E-state index is 10.8. The third kappa shape index (κ3) is 5.88. The largest absolute Gasteiger partial charge is 0.491 e. The van der Waals surface area contributed by atoms with E-state index in [2.05, 4.69) is 20.9 Å². The molecule has 0 aliphatic rings. The Morgan fingerprint density at radius 2 is 2.12 bits per heavy atom. The van der Waals surface area contributed by atoms with Crippen molar-refractivity contribution in [2.45, 2.75) is 6.92 Å². The van der Waals surface area contributed by atoms with Crippen LogP contribution in [0.15, 0.2) is 41.0 Å². The van der Waals surface area contributed by atoms with Gasteiger partial charge in [0, 0.05) is 41.0 Å². The second-order valence-electron chi connectivity index (χ2n) is 5.09. The van der Waals surface area contributed by atoms with Gasteiger partial charge in [0.2, 0.25) is 5.88 Å². The van der Waals surface area contributed by atoms with Crippen molar-refractivity contribution >= 4 is 28.0 Å². The van der Waals surface area contributed by atoms with Gasteiger partial charge < -0.3 is 19.3 Å². The summed E-state index contributed by atoms with van der Waals surface area (Å²) in [6, 6.07) is 7.05. The first kappa shape index (κ1) is 19.0. The third-order valence-electron chi connectivity index (χ3n) is 3.15. The molecule has 0 aliphatic heterocycles. The molecule has 0 saturated carbocycles. The fourth-order valence-electron chi connectivity index (χ4n) is 1.97. The van der Waals surface area contributed by atoms with Crippen molar-refractivity contribution in [3.8, 4) is 17.4 Å². The van der Waals surface area contributed by atoms with Crippen LogP contribution in [0.1, 0.15) is 11.1 Å². The first-order valence-corrected chi connectivity index (χ1v) is 8.25. The van der Waals surface area contributed by atoms with Crippen LogP contribution in [0.4, 0.5) is 0 Å². The number of hydrogen-bond donors (Lipinski definition) is 1. The van der Waals surface area contributed by atoms with Crippen molar-refractivity contribution in [1.29, 1.82) is 0 Å². The van der Waals surface area contributed by atoms with Gasteiger partial charge in [-0.15, -0.1) is 0 Å². The van der Waals surface area contributed by atoms with Gasteiger partial charge in [0.05, 0.1) is 6.61 Å². The first-order valence-electron chi connectivity index (χ1n) is 7.46. The Labute approximate surface area is 154 Å². The Bertz CT molecular complexity index is 776. The maximum Gasteiger partial charge on any atom is 0.328 e. The van der Waals surface area contributed by atoms with Crippen molar-refractivity contribution in [3.05, 3.63) is 52.1 Å². The van der Waals surface area contributed by atoms with Gasteiger partial charge in [-0.2, -0.15) is 0 Å². The predicted molar refractivity (Wildman–Crippen MR) is 97.2 cm³/mol. The molecule has 0 amide bonds. The summed E-state index contributed by atoms with van der Waals surface area (Å²) in [6.45, 7) is 2.73. The van der Waals surface area contributed by atoms with Gasteiger partial charge in [0.15, 0.2) is 0 Å². The van der Waals surface area contributed by atoms with Gasteiger partial charge >= 0.3 is 5.97 Å². The van der Waals surface area contributed by atoms with Crippen LogP contribution in [-0.4, -0.2) is 36.4 Å². The lowest BCUT2D eigenvalue weighted by molar-refractivity contribution is -0.131. The number of nitrogens with zero attached hydrogens (tertiary/aromatic N) is 1. The molecule has 2 aromatic rings. The first-order chi connectivity index (χ1) is 12.0. The van der Waals surface area contributed by atoms with E-state index in [-0.39, 0.29) is 0 Å². The summed E-state index contributed by atoms with van der Waals surface area (Å²) in [7, 11) is 1.60. The Morgan fingerprint density at radius 3 is 2.80 bits per heavy atom. The molecule has 1 N–H and O–H groups in total. The van der Waals surface area contributed by atoms with Crippen LogP contribution >= 0.6 is 15.9 Å². The van der Waals surface area contributed by atoms with Gasteiger partial charge in [-0.1, -0.05) is 0 Å². The van der Waals surface area contributed by atoms with Crippen LogP contribution < -0.4 is 9.47 Å². The van der Waals surface area contributed by atoms with Gasteiger partial charge in [0.25, 0.3) is 0 Å². The molecule has 2 rings (SSSR count). The minimum absolute atomic E-state index is 0.399. The molecule has 0 radical (unpaired) electrons. The summed E-state index contributed by atoms with van der Waals surface area (Å²) in [5.41, 5.74) is 1.44. The fourth-order valence-corrected chi connectivity index (χ4v) is 2.42. The lowest BCUT2D eigenvalue weighted by atomic mass is 10.1. The smallest absolute Gasteiger partial charge is 0.328 e. The number of carboxylic acids is 1. The predicted octanol–water partition coefficient (Wildman–Crippen LogP) is 4.07. The van der Waals surface area contributed by atoms with Gasteiger partial charge in [-0.3, -0.25) is 0 Å². The maximum atomic E-state index is 10.8. The van der Waals surface area contributed by atoms with Crippen LogP contribution in [0.3, 0.4) is 0 Å². The molecule has 6 nitrogen and oxygen atoms in total. The molecule has 0 spiro atoms. The van der Waals surface area contributed by atoms with Gasteiger partial charge in [-0.25, -0.2) is 9.78 Å². The minimum atomic E-state index is -1.04. The van der Waals surface area contributed by atoms with Crippen LogP contribution in [0.2, 0.25) is 0 Å². The van der Waals surface area contributed by atoms with E-state index >= 15 is 0 Å². The monoisotopic (exact) mass is 407 g/mol. The number of carboxylic acid groups (broad SMARTS) is 1. The number of rotatable bonds is 8. The van der Waals surface area contributed by atoms with E-state index in [1.807, 2.05) is 13.0 Å². The third-order valence-corrected chi connectivity index (χ3v) is 3.58. The van der Waals surface area contributed by atoms with Crippen molar-refractivity contribution in [1.82, 2.24) is 4.98 Å². The van der Waals surface area contributed by atoms with E-state index in [0.717, 1.165) is 16.1 Å². The molecule has 7 heteroatoms. The van der Waals surface area contributed by atoms with E-state index in [9.17, 15) is 4.79 Å². The summed E-state index contributed by atoms with van der Waals surface area (Å²) in [4.78, 5) is 15.0. The highest BCUT2D eigenvalue weighted by atomic mass is 79.9. The van der Waals surface area contributed by atoms with Crippen molar-refractivity contribution in [3.63, 3.8) is 0 Å². The fraction of sp³-hybridized carbons (Fsp3) is 0.222.